The average Bonchev–Trinajstić information content (AvgIpc) is 2.51. The van der Waals surface area contributed by atoms with Crippen molar-refractivity contribution in [2.75, 3.05) is 0 Å². The number of aliphatic hydroxyl groups is 1. The predicted molar refractivity (Wildman–Crippen MR) is 82.8 cm³/mol. The van der Waals surface area contributed by atoms with Crippen LogP contribution in [0.15, 0.2) is 30.3 Å². The van der Waals surface area contributed by atoms with Gasteiger partial charge in [0.1, 0.15) is 0 Å². The predicted octanol–water partition coefficient (Wildman–Crippen LogP) is 3.61. The number of rotatable bonds is 3. The lowest BCUT2D eigenvalue weighted by molar-refractivity contribution is 0.112. The molecule has 3 rings (SSSR count). The van der Waals surface area contributed by atoms with Crippen LogP contribution in [0.1, 0.15) is 62.8 Å². The highest BCUT2D eigenvalue weighted by atomic mass is 16.3. The van der Waals surface area contributed by atoms with Crippen LogP contribution >= 0.6 is 0 Å². The molecule has 0 aromatic heterocycles. The molecule has 0 amide bonds. The Morgan fingerprint density at radius 1 is 0.750 bits per heavy atom. The molecule has 0 spiro atoms. The minimum Gasteiger partial charge on any atom is -0.393 e. The minimum absolute atomic E-state index is 0.0399. The Morgan fingerprint density at radius 3 is 1.90 bits per heavy atom. The second kappa shape index (κ2) is 6.73. The molecule has 2 aliphatic rings. The summed E-state index contributed by atoms with van der Waals surface area (Å²) in [4.78, 5) is 0. The fourth-order valence-corrected chi connectivity index (χ4v) is 3.89. The maximum atomic E-state index is 9.57. The summed E-state index contributed by atoms with van der Waals surface area (Å²) in [5.74, 6) is 0.766. The first-order valence-corrected chi connectivity index (χ1v) is 8.30. The van der Waals surface area contributed by atoms with E-state index in [9.17, 15) is 5.11 Å². The molecule has 1 aromatic carbocycles. The van der Waals surface area contributed by atoms with Gasteiger partial charge in [0.25, 0.3) is 0 Å². The number of benzene rings is 1. The highest BCUT2D eigenvalue weighted by molar-refractivity contribution is 5.20. The lowest BCUT2D eigenvalue weighted by Gasteiger charge is -2.34. The van der Waals surface area contributed by atoms with Gasteiger partial charge in [-0.25, -0.2) is 0 Å². The van der Waals surface area contributed by atoms with Crippen molar-refractivity contribution in [3.8, 4) is 0 Å². The third-order valence-corrected chi connectivity index (χ3v) is 5.17. The van der Waals surface area contributed by atoms with Crippen LogP contribution in [0.5, 0.6) is 0 Å². The maximum Gasteiger partial charge on any atom is 0.0541 e. The van der Waals surface area contributed by atoms with Gasteiger partial charge >= 0.3 is 0 Å². The molecular weight excluding hydrogens is 246 g/mol. The highest BCUT2D eigenvalue weighted by Gasteiger charge is 2.26. The van der Waals surface area contributed by atoms with Gasteiger partial charge < -0.3 is 10.4 Å². The monoisotopic (exact) mass is 273 g/mol. The zero-order chi connectivity index (χ0) is 13.8. The molecule has 110 valence electrons. The van der Waals surface area contributed by atoms with Gasteiger partial charge in [-0.3, -0.25) is 0 Å². The van der Waals surface area contributed by atoms with Crippen LogP contribution in [0.2, 0.25) is 0 Å². The van der Waals surface area contributed by atoms with Gasteiger partial charge in [0.05, 0.1) is 6.10 Å². The van der Waals surface area contributed by atoms with Crippen molar-refractivity contribution in [3.05, 3.63) is 35.9 Å². The Kier molecular flexibility index (Phi) is 4.74. The van der Waals surface area contributed by atoms with Gasteiger partial charge in [-0.05, 0) is 62.8 Å². The molecule has 2 heteroatoms. The number of aliphatic hydroxyl groups excluding tert-OH is 1. The van der Waals surface area contributed by atoms with Crippen molar-refractivity contribution < 1.29 is 5.11 Å². The molecule has 2 fully saturated rings. The third kappa shape index (κ3) is 3.62. The summed E-state index contributed by atoms with van der Waals surface area (Å²) in [6.45, 7) is 0. The Hall–Kier alpha value is -0.860. The largest absolute Gasteiger partial charge is 0.393 e. The summed E-state index contributed by atoms with van der Waals surface area (Å²) in [7, 11) is 0. The fraction of sp³-hybridized carbons (Fsp3) is 0.667. The second-order valence-corrected chi connectivity index (χ2v) is 6.63. The van der Waals surface area contributed by atoms with E-state index in [0.29, 0.717) is 12.1 Å². The van der Waals surface area contributed by atoms with Crippen LogP contribution in [-0.2, 0) is 0 Å². The van der Waals surface area contributed by atoms with Crippen molar-refractivity contribution in [1.82, 2.24) is 5.32 Å². The first-order valence-electron chi connectivity index (χ1n) is 8.30. The number of hydrogen-bond donors (Lipinski definition) is 2. The average molecular weight is 273 g/mol. The quantitative estimate of drug-likeness (QED) is 0.882. The van der Waals surface area contributed by atoms with Crippen LogP contribution < -0.4 is 5.32 Å². The van der Waals surface area contributed by atoms with E-state index in [4.69, 9.17) is 0 Å². The molecular formula is C18H27NO. The minimum atomic E-state index is -0.0399. The number of hydrogen-bond acceptors (Lipinski definition) is 2. The van der Waals surface area contributed by atoms with Gasteiger partial charge in [-0.1, -0.05) is 30.3 Å². The maximum absolute atomic E-state index is 9.57. The zero-order valence-corrected chi connectivity index (χ0v) is 12.3. The molecule has 0 bridgehead atoms. The van der Waals surface area contributed by atoms with Gasteiger partial charge in [0.2, 0.25) is 0 Å². The summed E-state index contributed by atoms with van der Waals surface area (Å²) in [6, 6.07) is 12.3. The normalized spacial score (nSPS) is 34.9. The van der Waals surface area contributed by atoms with Crippen molar-refractivity contribution in [2.24, 2.45) is 0 Å². The summed E-state index contributed by atoms with van der Waals surface area (Å²) in [5.41, 5.74) is 1.52. The molecule has 0 heterocycles. The van der Waals surface area contributed by atoms with E-state index < -0.39 is 0 Å². The molecule has 1 aromatic rings. The Morgan fingerprint density at radius 2 is 1.30 bits per heavy atom. The van der Waals surface area contributed by atoms with Crippen LogP contribution in [0, 0.1) is 0 Å². The van der Waals surface area contributed by atoms with E-state index >= 15 is 0 Å². The van der Waals surface area contributed by atoms with Crippen LogP contribution in [-0.4, -0.2) is 23.3 Å². The second-order valence-electron chi connectivity index (χ2n) is 6.63. The van der Waals surface area contributed by atoms with E-state index in [1.807, 2.05) is 0 Å². The topological polar surface area (TPSA) is 32.3 Å². The van der Waals surface area contributed by atoms with Gasteiger partial charge in [0, 0.05) is 12.1 Å². The molecule has 0 radical (unpaired) electrons. The summed E-state index contributed by atoms with van der Waals surface area (Å²) in [5, 5.41) is 13.4. The van der Waals surface area contributed by atoms with E-state index in [1.165, 1.54) is 31.2 Å². The van der Waals surface area contributed by atoms with E-state index in [0.717, 1.165) is 31.6 Å². The molecule has 2 nitrogen and oxygen atoms in total. The lowest BCUT2D eigenvalue weighted by atomic mass is 9.81. The van der Waals surface area contributed by atoms with E-state index in [2.05, 4.69) is 35.6 Å². The molecule has 2 saturated carbocycles. The standard InChI is InChI=1S/C18H27NO/c20-18-12-10-17(11-13-18)19-16-8-6-15(7-9-16)14-4-2-1-3-5-14/h1-5,15-20H,6-13H2. The van der Waals surface area contributed by atoms with E-state index in [1.54, 1.807) is 0 Å². The van der Waals surface area contributed by atoms with Crippen molar-refractivity contribution in [2.45, 2.75) is 75.5 Å². The molecule has 0 aliphatic heterocycles. The van der Waals surface area contributed by atoms with E-state index in [-0.39, 0.29) is 6.10 Å². The van der Waals surface area contributed by atoms with Crippen LogP contribution in [0.3, 0.4) is 0 Å². The van der Waals surface area contributed by atoms with Gasteiger partial charge in [-0.2, -0.15) is 0 Å². The van der Waals surface area contributed by atoms with Crippen molar-refractivity contribution in [3.63, 3.8) is 0 Å². The molecule has 0 saturated heterocycles. The SMILES string of the molecule is OC1CCC(NC2CCC(c3ccccc3)CC2)CC1. The smallest absolute Gasteiger partial charge is 0.0541 e. The highest BCUT2D eigenvalue weighted by Crippen LogP contribution is 2.33. The third-order valence-electron chi connectivity index (χ3n) is 5.17. The molecule has 0 unspecified atom stereocenters. The molecule has 20 heavy (non-hydrogen) atoms. The summed E-state index contributed by atoms with van der Waals surface area (Å²) < 4.78 is 0. The summed E-state index contributed by atoms with van der Waals surface area (Å²) in [6.07, 6.45) is 9.47. The van der Waals surface area contributed by atoms with Crippen molar-refractivity contribution in [1.29, 1.82) is 0 Å². The zero-order valence-electron chi connectivity index (χ0n) is 12.3. The van der Waals surface area contributed by atoms with Crippen LogP contribution in [0.25, 0.3) is 0 Å². The Bertz CT molecular complexity index is 389. The Labute approximate surface area is 122 Å². The fourth-order valence-electron chi connectivity index (χ4n) is 3.89. The molecule has 2 aliphatic carbocycles. The first kappa shape index (κ1) is 14.1. The van der Waals surface area contributed by atoms with Gasteiger partial charge in [-0.15, -0.1) is 0 Å². The first-order chi connectivity index (χ1) is 9.81. The molecule has 2 N–H and O–H groups in total. The van der Waals surface area contributed by atoms with Crippen LogP contribution in [0.4, 0.5) is 0 Å². The Balaban J connectivity index is 1.44. The van der Waals surface area contributed by atoms with Crippen molar-refractivity contribution >= 4 is 0 Å². The lowest BCUT2D eigenvalue weighted by Crippen LogP contribution is -2.42. The summed E-state index contributed by atoms with van der Waals surface area (Å²) >= 11 is 0. The number of nitrogens with one attached hydrogen (secondary N) is 1. The van der Waals surface area contributed by atoms with Gasteiger partial charge in [0.15, 0.2) is 0 Å². The molecule has 0 atom stereocenters.